The van der Waals surface area contributed by atoms with E-state index in [0.717, 1.165) is 11.4 Å². The Kier molecular flexibility index (Phi) is 4.11. The standard InChI is InChI=1S/C18H19NOS/c1-3-20-16-10-8-15(9-11-16)19-13(2)18-12-14-6-4-5-7-17(14)21-18/h4-13,19H,3H2,1-2H3. The van der Waals surface area contributed by atoms with E-state index in [9.17, 15) is 0 Å². The molecule has 1 N–H and O–H groups in total. The lowest BCUT2D eigenvalue weighted by Crippen LogP contribution is -2.04. The van der Waals surface area contributed by atoms with Gasteiger partial charge in [0, 0.05) is 15.3 Å². The van der Waals surface area contributed by atoms with Crippen molar-refractivity contribution >= 4 is 27.1 Å². The molecule has 0 saturated carbocycles. The molecule has 0 aliphatic carbocycles. The second-order valence-electron chi connectivity index (χ2n) is 5.01. The molecule has 21 heavy (non-hydrogen) atoms. The zero-order valence-electron chi connectivity index (χ0n) is 12.3. The minimum Gasteiger partial charge on any atom is -0.494 e. The van der Waals surface area contributed by atoms with E-state index >= 15 is 0 Å². The number of fused-ring (bicyclic) bond motifs is 1. The summed E-state index contributed by atoms with van der Waals surface area (Å²) in [6.07, 6.45) is 0. The molecule has 0 saturated heterocycles. The van der Waals surface area contributed by atoms with Crippen LogP contribution in [0.1, 0.15) is 24.8 Å². The van der Waals surface area contributed by atoms with E-state index in [0.29, 0.717) is 12.6 Å². The first kappa shape index (κ1) is 14.0. The number of benzene rings is 2. The minimum atomic E-state index is 0.292. The van der Waals surface area contributed by atoms with Crippen LogP contribution in [0.15, 0.2) is 54.6 Å². The minimum absolute atomic E-state index is 0.292. The second kappa shape index (κ2) is 6.19. The number of anilines is 1. The highest BCUT2D eigenvalue weighted by Crippen LogP contribution is 2.31. The SMILES string of the molecule is CCOc1ccc(NC(C)c2cc3ccccc3s2)cc1. The molecule has 0 amide bonds. The van der Waals surface area contributed by atoms with E-state index in [1.54, 1.807) is 0 Å². The molecule has 0 aliphatic rings. The average molecular weight is 297 g/mol. The normalized spacial score (nSPS) is 12.3. The number of nitrogens with one attached hydrogen (secondary N) is 1. The zero-order valence-corrected chi connectivity index (χ0v) is 13.1. The number of thiophene rings is 1. The summed E-state index contributed by atoms with van der Waals surface area (Å²) in [6, 6.07) is 19.2. The number of rotatable bonds is 5. The molecular weight excluding hydrogens is 278 g/mol. The van der Waals surface area contributed by atoms with Crippen LogP contribution in [0, 0.1) is 0 Å². The topological polar surface area (TPSA) is 21.3 Å². The highest BCUT2D eigenvalue weighted by molar-refractivity contribution is 7.19. The van der Waals surface area contributed by atoms with Crippen molar-refractivity contribution in [1.29, 1.82) is 0 Å². The Morgan fingerprint density at radius 2 is 1.86 bits per heavy atom. The quantitative estimate of drug-likeness (QED) is 0.674. The summed E-state index contributed by atoms with van der Waals surface area (Å²) in [5, 5.41) is 4.86. The fourth-order valence-electron chi connectivity index (χ4n) is 2.35. The summed E-state index contributed by atoms with van der Waals surface area (Å²) in [5.74, 6) is 0.914. The third-order valence-corrected chi connectivity index (χ3v) is 4.72. The molecule has 0 bridgehead atoms. The Labute approximate surface area is 129 Å². The summed E-state index contributed by atoms with van der Waals surface area (Å²) < 4.78 is 6.81. The molecule has 2 aromatic carbocycles. The Bertz CT molecular complexity index is 684. The summed E-state index contributed by atoms with van der Waals surface area (Å²) in [4.78, 5) is 1.35. The van der Waals surface area contributed by atoms with Crippen molar-refractivity contribution in [1.82, 2.24) is 0 Å². The number of hydrogen-bond donors (Lipinski definition) is 1. The maximum atomic E-state index is 5.46. The van der Waals surface area contributed by atoms with Crippen molar-refractivity contribution in [3.05, 3.63) is 59.5 Å². The second-order valence-corrected chi connectivity index (χ2v) is 6.13. The van der Waals surface area contributed by atoms with Gasteiger partial charge in [0.1, 0.15) is 5.75 Å². The molecule has 3 heteroatoms. The molecule has 0 radical (unpaired) electrons. The number of hydrogen-bond acceptors (Lipinski definition) is 3. The maximum Gasteiger partial charge on any atom is 0.119 e. The highest BCUT2D eigenvalue weighted by Gasteiger charge is 2.09. The van der Waals surface area contributed by atoms with Gasteiger partial charge in [-0.15, -0.1) is 11.3 Å². The van der Waals surface area contributed by atoms with Crippen LogP contribution >= 0.6 is 11.3 Å². The van der Waals surface area contributed by atoms with Crippen LogP contribution in [0.5, 0.6) is 5.75 Å². The van der Waals surface area contributed by atoms with Crippen LogP contribution in [0.2, 0.25) is 0 Å². The molecule has 3 aromatic rings. The van der Waals surface area contributed by atoms with Crippen molar-refractivity contribution in [2.24, 2.45) is 0 Å². The first-order valence-corrected chi connectivity index (χ1v) is 8.06. The van der Waals surface area contributed by atoms with Gasteiger partial charge < -0.3 is 10.1 Å². The van der Waals surface area contributed by atoms with Crippen LogP contribution in [-0.2, 0) is 0 Å². The van der Waals surface area contributed by atoms with Crippen LogP contribution in [0.3, 0.4) is 0 Å². The predicted molar refractivity (Wildman–Crippen MR) is 91.5 cm³/mol. The van der Waals surface area contributed by atoms with Gasteiger partial charge in [-0.1, -0.05) is 18.2 Å². The van der Waals surface area contributed by atoms with Crippen molar-refractivity contribution in [2.45, 2.75) is 19.9 Å². The van der Waals surface area contributed by atoms with Gasteiger partial charge in [-0.05, 0) is 55.6 Å². The zero-order chi connectivity index (χ0) is 14.7. The van der Waals surface area contributed by atoms with E-state index in [2.05, 4.69) is 54.7 Å². The largest absolute Gasteiger partial charge is 0.494 e. The first-order valence-electron chi connectivity index (χ1n) is 7.24. The van der Waals surface area contributed by atoms with E-state index in [1.165, 1.54) is 15.0 Å². The Morgan fingerprint density at radius 1 is 1.10 bits per heavy atom. The summed E-state index contributed by atoms with van der Waals surface area (Å²) in [5.41, 5.74) is 1.11. The van der Waals surface area contributed by atoms with Crippen molar-refractivity contribution in [2.75, 3.05) is 11.9 Å². The Morgan fingerprint density at radius 3 is 2.57 bits per heavy atom. The molecule has 0 fully saturated rings. The van der Waals surface area contributed by atoms with Crippen LogP contribution < -0.4 is 10.1 Å². The summed E-state index contributed by atoms with van der Waals surface area (Å²) in [7, 11) is 0. The van der Waals surface area contributed by atoms with Crippen LogP contribution in [0.25, 0.3) is 10.1 Å². The summed E-state index contributed by atoms with van der Waals surface area (Å²) >= 11 is 1.85. The Hall–Kier alpha value is -2.00. The first-order chi connectivity index (χ1) is 10.3. The van der Waals surface area contributed by atoms with Gasteiger partial charge in [-0.3, -0.25) is 0 Å². The third-order valence-electron chi connectivity index (χ3n) is 3.42. The lowest BCUT2D eigenvalue weighted by atomic mass is 10.2. The molecule has 0 spiro atoms. The lowest BCUT2D eigenvalue weighted by Gasteiger charge is -2.14. The van der Waals surface area contributed by atoms with Gasteiger partial charge in [0.05, 0.1) is 12.6 Å². The maximum absolute atomic E-state index is 5.46. The van der Waals surface area contributed by atoms with E-state index < -0.39 is 0 Å². The van der Waals surface area contributed by atoms with Gasteiger partial charge in [-0.2, -0.15) is 0 Å². The monoisotopic (exact) mass is 297 g/mol. The summed E-state index contributed by atoms with van der Waals surface area (Å²) in [6.45, 7) is 4.89. The third kappa shape index (κ3) is 3.19. The van der Waals surface area contributed by atoms with E-state index in [-0.39, 0.29) is 0 Å². The molecule has 1 atom stereocenters. The molecule has 108 valence electrons. The molecule has 0 aliphatic heterocycles. The van der Waals surface area contributed by atoms with E-state index in [1.807, 2.05) is 30.4 Å². The molecule has 1 aromatic heterocycles. The fourth-order valence-corrected chi connectivity index (χ4v) is 3.42. The van der Waals surface area contributed by atoms with Crippen molar-refractivity contribution < 1.29 is 4.74 Å². The van der Waals surface area contributed by atoms with Crippen LogP contribution in [0.4, 0.5) is 5.69 Å². The van der Waals surface area contributed by atoms with Gasteiger partial charge >= 0.3 is 0 Å². The fraction of sp³-hybridized carbons (Fsp3) is 0.222. The predicted octanol–water partition coefficient (Wildman–Crippen LogP) is 5.47. The van der Waals surface area contributed by atoms with Crippen molar-refractivity contribution in [3.63, 3.8) is 0 Å². The van der Waals surface area contributed by atoms with Gasteiger partial charge in [0.15, 0.2) is 0 Å². The molecule has 1 heterocycles. The van der Waals surface area contributed by atoms with Crippen molar-refractivity contribution in [3.8, 4) is 5.75 Å². The molecule has 3 rings (SSSR count). The highest BCUT2D eigenvalue weighted by atomic mass is 32.1. The average Bonchev–Trinajstić information content (AvgIpc) is 2.94. The van der Waals surface area contributed by atoms with E-state index in [4.69, 9.17) is 4.74 Å². The number of ether oxygens (including phenoxy) is 1. The smallest absolute Gasteiger partial charge is 0.119 e. The molecule has 1 unspecified atom stereocenters. The van der Waals surface area contributed by atoms with Gasteiger partial charge in [-0.25, -0.2) is 0 Å². The van der Waals surface area contributed by atoms with Gasteiger partial charge in [0.2, 0.25) is 0 Å². The molecule has 2 nitrogen and oxygen atoms in total. The lowest BCUT2D eigenvalue weighted by molar-refractivity contribution is 0.340. The van der Waals surface area contributed by atoms with Gasteiger partial charge in [0.25, 0.3) is 0 Å². The molecular formula is C18H19NOS. The van der Waals surface area contributed by atoms with Crippen LogP contribution in [-0.4, -0.2) is 6.61 Å². The Balaban J connectivity index is 1.74.